The number of thiophene rings is 1. The van der Waals surface area contributed by atoms with Gasteiger partial charge in [-0.25, -0.2) is 0 Å². The maximum Gasteiger partial charge on any atom is 0.225 e. The van der Waals surface area contributed by atoms with Gasteiger partial charge in [0.25, 0.3) is 0 Å². The molecule has 3 rings (SSSR count). The molecule has 0 unspecified atom stereocenters. The van der Waals surface area contributed by atoms with Crippen LogP contribution < -0.4 is 5.32 Å². The van der Waals surface area contributed by atoms with E-state index in [-0.39, 0.29) is 24.0 Å². The number of amides is 1. The van der Waals surface area contributed by atoms with Crippen LogP contribution in [0.25, 0.3) is 0 Å². The van der Waals surface area contributed by atoms with E-state index in [1.807, 2.05) is 6.07 Å². The van der Waals surface area contributed by atoms with Gasteiger partial charge in [0.2, 0.25) is 5.91 Å². The molecule has 9 heteroatoms. The van der Waals surface area contributed by atoms with Gasteiger partial charge >= 0.3 is 0 Å². The van der Waals surface area contributed by atoms with Crippen LogP contribution in [-0.4, -0.2) is 79.4 Å². The lowest BCUT2D eigenvalue weighted by Gasteiger charge is -2.38. The van der Waals surface area contributed by atoms with Crippen LogP contribution in [0.4, 0.5) is 0 Å². The highest BCUT2D eigenvalue weighted by Crippen LogP contribution is 2.28. The zero-order valence-corrected chi connectivity index (χ0v) is 21.3. The fourth-order valence-electron chi connectivity index (χ4n) is 3.62. The molecule has 1 saturated heterocycles. The van der Waals surface area contributed by atoms with Gasteiger partial charge in [0.15, 0.2) is 5.96 Å². The lowest BCUT2D eigenvalue weighted by atomic mass is 9.84. The number of hydrogen-bond acceptors (Lipinski definition) is 4. The van der Waals surface area contributed by atoms with E-state index in [0.717, 1.165) is 75.5 Å². The van der Waals surface area contributed by atoms with Crippen LogP contribution in [0, 0.1) is 5.92 Å². The monoisotopic (exact) mass is 553 g/mol. The Morgan fingerprint density at radius 2 is 2.03 bits per heavy atom. The number of nitrogens with zero attached hydrogens (tertiary/aromatic N) is 4. The van der Waals surface area contributed by atoms with Crippen molar-refractivity contribution in [3.05, 3.63) is 21.3 Å². The Kier molecular flexibility index (Phi) is 10.5. The van der Waals surface area contributed by atoms with Crippen molar-refractivity contribution in [1.29, 1.82) is 0 Å². The number of halogens is 2. The summed E-state index contributed by atoms with van der Waals surface area (Å²) in [5, 5.41) is 3.37. The van der Waals surface area contributed by atoms with E-state index in [9.17, 15) is 4.79 Å². The average Bonchev–Trinajstić information content (AvgIpc) is 3.04. The molecule has 0 aromatic carbocycles. The van der Waals surface area contributed by atoms with Gasteiger partial charge < -0.3 is 15.1 Å². The highest BCUT2D eigenvalue weighted by atomic mass is 127. The lowest BCUT2D eigenvalue weighted by molar-refractivity contribution is -0.139. The first-order valence-corrected chi connectivity index (χ1v) is 11.5. The summed E-state index contributed by atoms with van der Waals surface area (Å²) in [6, 6.07) is 4.01. The smallest absolute Gasteiger partial charge is 0.225 e. The zero-order valence-electron chi connectivity index (χ0n) is 17.4. The molecule has 0 spiro atoms. The van der Waals surface area contributed by atoms with Gasteiger partial charge in [0.05, 0.1) is 17.4 Å². The van der Waals surface area contributed by atoms with Crippen LogP contribution in [0.2, 0.25) is 4.34 Å². The van der Waals surface area contributed by atoms with Gasteiger partial charge in [-0.3, -0.25) is 14.7 Å². The molecule has 1 amide bonds. The number of guanidine groups is 1. The average molecular weight is 554 g/mol. The Hall–Kier alpha value is -0.580. The molecule has 1 N–H and O–H groups in total. The van der Waals surface area contributed by atoms with Crippen molar-refractivity contribution in [3.63, 3.8) is 0 Å². The zero-order chi connectivity index (χ0) is 19.9. The number of carbonyl (C=O) groups is 1. The van der Waals surface area contributed by atoms with E-state index >= 15 is 0 Å². The second kappa shape index (κ2) is 12.3. The van der Waals surface area contributed by atoms with Crippen molar-refractivity contribution in [2.24, 2.45) is 10.9 Å². The number of aliphatic imine (C=N–C) groups is 1. The second-order valence-electron chi connectivity index (χ2n) is 7.59. The third-order valence-electron chi connectivity index (χ3n) is 5.53. The predicted molar refractivity (Wildman–Crippen MR) is 133 cm³/mol. The Bertz CT molecular complexity index is 674. The summed E-state index contributed by atoms with van der Waals surface area (Å²) in [5.74, 6) is 1.62. The molecule has 1 aromatic rings. The van der Waals surface area contributed by atoms with Gasteiger partial charge in [0, 0.05) is 57.1 Å². The maximum atomic E-state index is 12.4. The lowest BCUT2D eigenvalue weighted by Crippen LogP contribution is -2.51. The third-order valence-corrected chi connectivity index (χ3v) is 6.75. The SMILES string of the molecule is CCNC(=NCCN1CCN(C(=O)C2CCC2)CC1)N(C)Cc1ccc(Cl)s1.I. The van der Waals surface area contributed by atoms with Gasteiger partial charge in [-0.1, -0.05) is 18.0 Å². The molecule has 0 radical (unpaired) electrons. The second-order valence-corrected chi connectivity index (χ2v) is 9.39. The van der Waals surface area contributed by atoms with Crippen molar-refractivity contribution < 1.29 is 4.79 Å². The fourth-order valence-corrected chi connectivity index (χ4v) is 4.76. The maximum absolute atomic E-state index is 12.4. The van der Waals surface area contributed by atoms with E-state index in [4.69, 9.17) is 16.6 Å². The number of nitrogens with one attached hydrogen (secondary N) is 1. The normalized spacial score (nSPS) is 18.2. The van der Waals surface area contributed by atoms with E-state index < -0.39 is 0 Å². The van der Waals surface area contributed by atoms with Crippen LogP contribution in [-0.2, 0) is 11.3 Å². The standard InChI is InChI=1S/C20H32ClN5OS.HI/c1-3-22-20(24(2)15-17-7-8-18(21)28-17)23-9-10-25-11-13-26(14-12-25)19(27)16-5-4-6-16;/h7-8,16H,3-6,9-15H2,1-2H3,(H,22,23);1H. The fraction of sp³-hybridized carbons (Fsp3) is 0.700. The summed E-state index contributed by atoms with van der Waals surface area (Å²) < 4.78 is 0.820. The van der Waals surface area contributed by atoms with Crippen LogP contribution in [0.15, 0.2) is 17.1 Å². The molecule has 29 heavy (non-hydrogen) atoms. The minimum absolute atomic E-state index is 0. The highest BCUT2D eigenvalue weighted by molar-refractivity contribution is 14.0. The summed E-state index contributed by atoms with van der Waals surface area (Å²) in [4.78, 5) is 25.0. The van der Waals surface area contributed by atoms with Crippen LogP contribution in [0.3, 0.4) is 0 Å². The minimum atomic E-state index is 0. The quantitative estimate of drug-likeness (QED) is 0.320. The molecule has 1 aliphatic carbocycles. The van der Waals surface area contributed by atoms with Crippen LogP contribution >= 0.6 is 46.9 Å². The summed E-state index contributed by atoms with van der Waals surface area (Å²) in [7, 11) is 2.06. The number of hydrogen-bond donors (Lipinski definition) is 1. The summed E-state index contributed by atoms with van der Waals surface area (Å²) in [5.41, 5.74) is 0. The number of piperazine rings is 1. The van der Waals surface area contributed by atoms with Gasteiger partial charge in [-0.05, 0) is 31.9 Å². The van der Waals surface area contributed by atoms with Crippen molar-refractivity contribution in [2.75, 3.05) is 52.9 Å². The van der Waals surface area contributed by atoms with Crippen molar-refractivity contribution in [2.45, 2.75) is 32.7 Å². The Morgan fingerprint density at radius 1 is 1.31 bits per heavy atom. The van der Waals surface area contributed by atoms with E-state index in [1.165, 1.54) is 11.3 Å². The first-order chi connectivity index (χ1) is 13.6. The first-order valence-electron chi connectivity index (χ1n) is 10.3. The molecular formula is C20H33ClIN5OS. The van der Waals surface area contributed by atoms with E-state index in [2.05, 4.69) is 40.1 Å². The van der Waals surface area contributed by atoms with Crippen molar-refractivity contribution in [1.82, 2.24) is 20.0 Å². The summed E-state index contributed by atoms with van der Waals surface area (Å²) >= 11 is 7.65. The van der Waals surface area contributed by atoms with Gasteiger partial charge in [-0.2, -0.15) is 0 Å². The summed E-state index contributed by atoms with van der Waals surface area (Å²) in [6.07, 6.45) is 3.40. The van der Waals surface area contributed by atoms with Gasteiger partial charge in [0.1, 0.15) is 0 Å². The number of rotatable bonds is 7. The molecule has 2 heterocycles. The molecule has 2 aliphatic rings. The van der Waals surface area contributed by atoms with Gasteiger partial charge in [-0.15, -0.1) is 35.3 Å². The van der Waals surface area contributed by atoms with Crippen molar-refractivity contribution >= 4 is 58.8 Å². The molecule has 164 valence electrons. The molecule has 0 atom stereocenters. The third kappa shape index (κ3) is 7.25. The molecule has 1 aliphatic heterocycles. The largest absolute Gasteiger partial charge is 0.357 e. The number of carbonyl (C=O) groups excluding carboxylic acids is 1. The first kappa shape index (κ1) is 24.7. The van der Waals surface area contributed by atoms with E-state index in [0.29, 0.717) is 11.8 Å². The molecule has 0 bridgehead atoms. The Balaban J connectivity index is 0.00000300. The minimum Gasteiger partial charge on any atom is -0.357 e. The van der Waals surface area contributed by atoms with Crippen LogP contribution in [0.5, 0.6) is 0 Å². The molecule has 2 fully saturated rings. The Morgan fingerprint density at radius 3 is 2.59 bits per heavy atom. The van der Waals surface area contributed by atoms with E-state index in [1.54, 1.807) is 11.3 Å². The molecule has 6 nitrogen and oxygen atoms in total. The topological polar surface area (TPSA) is 51.2 Å². The highest BCUT2D eigenvalue weighted by Gasteiger charge is 2.30. The van der Waals surface area contributed by atoms with Crippen molar-refractivity contribution in [3.8, 4) is 0 Å². The van der Waals surface area contributed by atoms with Crippen LogP contribution in [0.1, 0.15) is 31.1 Å². The summed E-state index contributed by atoms with van der Waals surface area (Å²) in [6.45, 7) is 9.04. The Labute approximate surface area is 200 Å². The molecular weight excluding hydrogens is 521 g/mol. The predicted octanol–water partition coefficient (Wildman–Crippen LogP) is 3.36. The molecule has 1 aromatic heterocycles. The molecule has 1 saturated carbocycles.